The quantitative estimate of drug-likeness (QED) is 0.863. The second kappa shape index (κ2) is 6.41. The maximum Gasteiger partial charge on any atom is 0.254 e. The lowest BCUT2D eigenvalue weighted by molar-refractivity contribution is -0.111. The number of hydrogen-bond donors (Lipinski definition) is 1. The molecule has 5 nitrogen and oxygen atoms in total. The Morgan fingerprint density at radius 2 is 2.15 bits per heavy atom. The van der Waals surface area contributed by atoms with Crippen LogP contribution < -0.4 is 5.32 Å². The highest BCUT2D eigenvalue weighted by atomic mass is 16.2. The molecule has 1 aromatic heterocycles. The third-order valence-electron chi connectivity index (χ3n) is 5.70. The minimum Gasteiger partial charge on any atom is -0.329 e. The van der Waals surface area contributed by atoms with Gasteiger partial charge in [0.1, 0.15) is 0 Å². The first-order valence-corrected chi connectivity index (χ1v) is 8.91. The van der Waals surface area contributed by atoms with Crippen molar-refractivity contribution in [2.75, 3.05) is 11.9 Å². The summed E-state index contributed by atoms with van der Waals surface area (Å²) >= 11 is 0. The monoisotopic (exact) mass is 347 g/mol. The molecule has 1 saturated carbocycles. The molecule has 4 rings (SSSR count). The first kappa shape index (κ1) is 16.5. The second-order valence-corrected chi connectivity index (χ2v) is 6.92. The highest BCUT2D eigenvalue weighted by molar-refractivity contribution is 6.01. The number of rotatable bonds is 4. The second-order valence-electron chi connectivity index (χ2n) is 6.92. The molecule has 1 saturated heterocycles. The lowest BCUT2D eigenvalue weighted by Crippen LogP contribution is -2.53. The van der Waals surface area contributed by atoms with Crippen LogP contribution in [0.2, 0.25) is 0 Å². The summed E-state index contributed by atoms with van der Waals surface area (Å²) in [5.74, 6) is 0.215. The number of carbonyl (C=O) groups is 2. The Hall–Kier alpha value is -2.95. The zero-order chi connectivity index (χ0) is 18.1. The number of likely N-dealkylation sites (tertiary alicyclic amines) is 1. The standard InChI is InChI=1S/C21H21N3O2/c1-2-19(25)23-18-7-3-5-15(13-18)20(26)24-12-9-16-8-10-21(16,24)17-6-4-11-22-14-17/h2-7,11,13-14,16H,1,8-10,12H2,(H,23,25)/t16-,21-/m0/s1. The maximum absolute atomic E-state index is 13.3. The third-order valence-corrected chi connectivity index (χ3v) is 5.70. The van der Waals surface area contributed by atoms with E-state index in [4.69, 9.17) is 0 Å². The van der Waals surface area contributed by atoms with Gasteiger partial charge in [-0.3, -0.25) is 14.6 Å². The van der Waals surface area contributed by atoms with Crippen LogP contribution in [0.25, 0.3) is 0 Å². The van der Waals surface area contributed by atoms with Crippen LogP contribution in [0, 0.1) is 5.92 Å². The van der Waals surface area contributed by atoms with Crippen LogP contribution in [0.1, 0.15) is 35.2 Å². The van der Waals surface area contributed by atoms with Crippen molar-refractivity contribution in [1.29, 1.82) is 0 Å². The molecule has 1 aliphatic carbocycles. The molecule has 0 unspecified atom stereocenters. The van der Waals surface area contributed by atoms with Crippen LogP contribution >= 0.6 is 0 Å². The first-order chi connectivity index (χ1) is 12.6. The van der Waals surface area contributed by atoms with Crippen molar-refractivity contribution in [3.63, 3.8) is 0 Å². The van der Waals surface area contributed by atoms with Gasteiger partial charge in [-0.15, -0.1) is 0 Å². The molecule has 2 amide bonds. The average molecular weight is 347 g/mol. The summed E-state index contributed by atoms with van der Waals surface area (Å²) < 4.78 is 0. The van der Waals surface area contributed by atoms with Crippen LogP contribution in [-0.2, 0) is 10.3 Å². The van der Waals surface area contributed by atoms with Crippen molar-refractivity contribution in [3.05, 3.63) is 72.6 Å². The number of benzene rings is 1. The number of pyridine rings is 1. The van der Waals surface area contributed by atoms with Crippen molar-refractivity contribution in [1.82, 2.24) is 9.88 Å². The number of amides is 2. The molecule has 2 aromatic rings. The van der Waals surface area contributed by atoms with Gasteiger partial charge in [-0.25, -0.2) is 0 Å². The molecule has 132 valence electrons. The Balaban J connectivity index is 1.65. The molecule has 0 bridgehead atoms. The van der Waals surface area contributed by atoms with Crippen molar-refractivity contribution in [2.24, 2.45) is 5.92 Å². The Morgan fingerprint density at radius 1 is 1.27 bits per heavy atom. The van der Waals surface area contributed by atoms with Gasteiger partial charge in [-0.1, -0.05) is 18.7 Å². The van der Waals surface area contributed by atoms with Gasteiger partial charge < -0.3 is 10.2 Å². The number of carbonyl (C=O) groups excluding carboxylic acids is 2. The Bertz CT molecular complexity index is 865. The summed E-state index contributed by atoms with van der Waals surface area (Å²) in [5.41, 5.74) is 2.08. The SMILES string of the molecule is C=CC(=O)Nc1cccc(C(=O)N2CC[C@@H]3CC[C@@]32c2cccnc2)c1. The van der Waals surface area contributed by atoms with Gasteiger partial charge >= 0.3 is 0 Å². The molecular formula is C21H21N3O2. The van der Waals surface area contributed by atoms with Crippen LogP contribution in [0.15, 0.2) is 61.4 Å². The lowest BCUT2D eigenvalue weighted by atomic mass is 9.64. The zero-order valence-corrected chi connectivity index (χ0v) is 14.5. The van der Waals surface area contributed by atoms with Gasteiger partial charge in [0.2, 0.25) is 5.91 Å². The molecule has 1 aliphatic heterocycles. The topological polar surface area (TPSA) is 62.3 Å². The van der Waals surface area contributed by atoms with E-state index < -0.39 is 0 Å². The van der Waals surface area contributed by atoms with E-state index in [-0.39, 0.29) is 17.4 Å². The molecule has 0 spiro atoms. The molecule has 2 fully saturated rings. The molecular weight excluding hydrogens is 326 g/mol. The van der Waals surface area contributed by atoms with Crippen LogP contribution in [0.3, 0.4) is 0 Å². The van der Waals surface area contributed by atoms with E-state index >= 15 is 0 Å². The van der Waals surface area contributed by atoms with Gasteiger partial charge in [0, 0.05) is 30.2 Å². The normalized spacial score (nSPS) is 23.7. The molecule has 2 aliphatic rings. The summed E-state index contributed by atoms with van der Waals surface area (Å²) in [6, 6.07) is 11.1. The van der Waals surface area contributed by atoms with E-state index in [0.29, 0.717) is 17.2 Å². The first-order valence-electron chi connectivity index (χ1n) is 8.91. The van der Waals surface area contributed by atoms with Crippen LogP contribution in [0.5, 0.6) is 0 Å². The van der Waals surface area contributed by atoms with Gasteiger partial charge in [0.15, 0.2) is 0 Å². The van der Waals surface area contributed by atoms with E-state index in [1.54, 1.807) is 30.5 Å². The van der Waals surface area contributed by atoms with Crippen LogP contribution in [-0.4, -0.2) is 28.2 Å². The van der Waals surface area contributed by atoms with Gasteiger partial charge in [-0.2, -0.15) is 0 Å². The fraction of sp³-hybridized carbons (Fsp3) is 0.286. The summed E-state index contributed by atoms with van der Waals surface area (Å²) in [6.07, 6.45) is 8.01. The summed E-state index contributed by atoms with van der Waals surface area (Å²) in [4.78, 5) is 31.1. The summed E-state index contributed by atoms with van der Waals surface area (Å²) in [5, 5.41) is 2.71. The average Bonchev–Trinajstić information content (AvgIpc) is 2.92. The van der Waals surface area contributed by atoms with E-state index in [1.165, 1.54) is 6.08 Å². The number of nitrogens with one attached hydrogen (secondary N) is 1. The summed E-state index contributed by atoms with van der Waals surface area (Å²) in [6.45, 7) is 4.20. The van der Waals surface area contributed by atoms with Crippen molar-refractivity contribution in [2.45, 2.75) is 24.8 Å². The molecule has 26 heavy (non-hydrogen) atoms. The van der Waals surface area contributed by atoms with Crippen molar-refractivity contribution >= 4 is 17.5 Å². The predicted molar refractivity (Wildman–Crippen MR) is 99.6 cm³/mol. The number of hydrogen-bond acceptors (Lipinski definition) is 3. The number of fused-ring (bicyclic) bond motifs is 1. The van der Waals surface area contributed by atoms with E-state index in [1.807, 2.05) is 17.2 Å². The van der Waals surface area contributed by atoms with Gasteiger partial charge in [-0.05, 0) is 61.1 Å². The third kappa shape index (κ3) is 2.51. The highest BCUT2D eigenvalue weighted by Gasteiger charge is 2.57. The molecule has 5 heteroatoms. The Labute approximate surface area is 152 Å². The molecule has 2 atom stereocenters. The van der Waals surface area contributed by atoms with Crippen LogP contribution in [0.4, 0.5) is 5.69 Å². The largest absolute Gasteiger partial charge is 0.329 e. The van der Waals surface area contributed by atoms with E-state index in [2.05, 4.69) is 22.9 Å². The fourth-order valence-electron chi connectivity index (χ4n) is 4.36. The number of nitrogens with zero attached hydrogens (tertiary/aromatic N) is 2. The van der Waals surface area contributed by atoms with Crippen molar-refractivity contribution < 1.29 is 9.59 Å². The van der Waals surface area contributed by atoms with Gasteiger partial charge in [0.25, 0.3) is 5.91 Å². The molecule has 1 aromatic carbocycles. The van der Waals surface area contributed by atoms with E-state index in [9.17, 15) is 9.59 Å². The number of aromatic nitrogens is 1. The zero-order valence-electron chi connectivity index (χ0n) is 14.5. The predicted octanol–water partition coefficient (Wildman–Crippen LogP) is 3.36. The Kier molecular flexibility index (Phi) is 4.07. The fourth-order valence-corrected chi connectivity index (χ4v) is 4.36. The van der Waals surface area contributed by atoms with Crippen molar-refractivity contribution in [3.8, 4) is 0 Å². The maximum atomic E-state index is 13.3. The lowest BCUT2D eigenvalue weighted by Gasteiger charge is -2.50. The highest BCUT2D eigenvalue weighted by Crippen LogP contribution is 2.57. The molecule has 0 radical (unpaired) electrons. The van der Waals surface area contributed by atoms with Gasteiger partial charge in [0.05, 0.1) is 5.54 Å². The minimum atomic E-state index is -0.290. The molecule has 1 N–H and O–H groups in total. The number of anilines is 1. The minimum absolute atomic E-state index is 0.00533. The Morgan fingerprint density at radius 3 is 2.85 bits per heavy atom. The molecule has 2 heterocycles. The smallest absolute Gasteiger partial charge is 0.254 e. The summed E-state index contributed by atoms with van der Waals surface area (Å²) in [7, 11) is 0. The van der Waals surface area contributed by atoms with E-state index in [0.717, 1.165) is 31.4 Å².